The first-order valence-electron chi connectivity index (χ1n) is 8.65. The average Bonchev–Trinajstić information content (AvgIpc) is 2.56. The number of rotatable bonds is 3. The first-order chi connectivity index (χ1) is 11.4. The molecule has 0 unspecified atom stereocenters. The minimum atomic E-state index is -4.87. The summed E-state index contributed by atoms with van der Waals surface area (Å²) in [6.07, 6.45) is 4.29. The summed E-state index contributed by atoms with van der Waals surface area (Å²) >= 11 is 0. The number of hydrogen-bond acceptors (Lipinski definition) is 1. The van der Waals surface area contributed by atoms with Crippen LogP contribution in [-0.4, -0.2) is 6.36 Å². The molecule has 0 atom stereocenters. The van der Waals surface area contributed by atoms with E-state index in [9.17, 15) is 17.6 Å². The van der Waals surface area contributed by atoms with Crippen LogP contribution in [0.3, 0.4) is 0 Å². The van der Waals surface area contributed by atoms with E-state index in [0.717, 1.165) is 31.2 Å². The molecule has 1 aromatic rings. The molecule has 1 fully saturated rings. The van der Waals surface area contributed by atoms with Gasteiger partial charge in [-0.3, -0.25) is 0 Å². The van der Waals surface area contributed by atoms with Gasteiger partial charge in [0.05, 0.1) is 0 Å². The maximum atomic E-state index is 14.3. The number of halogens is 4. The first-order valence-corrected chi connectivity index (χ1v) is 8.65. The van der Waals surface area contributed by atoms with Crippen LogP contribution >= 0.6 is 0 Å². The van der Waals surface area contributed by atoms with Crippen LogP contribution in [0.5, 0.6) is 5.75 Å². The maximum absolute atomic E-state index is 14.3. The summed E-state index contributed by atoms with van der Waals surface area (Å²) in [5.41, 5.74) is 2.35. The van der Waals surface area contributed by atoms with Crippen molar-refractivity contribution in [3.05, 3.63) is 34.6 Å². The molecule has 0 aromatic heterocycles. The molecule has 0 spiro atoms. The summed E-state index contributed by atoms with van der Waals surface area (Å²) in [5.74, 6) is -0.260. The molecule has 0 N–H and O–H groups in total. The van der Waals surface area contributed by atoms with Gasteiger partial charge in [-0.2, -0.15) is 0 Å². The van der Waals surface area contributed by atoms with Crippen LogP contribution < -0.4 is 4.74 Å². The van der Waals surface area contributed by atoms with E-state index in [1.54, 1.807) is 0 Å². The number of hydrogen-bond donors (Lipinski definition) is 0. The Morgan fingerprint density at radius 2 is 1.79 bits per heavy atom. The van der Waals surface area contributed by atoms with E-state index in [4.69, 9.17) is 0 Å². The molecule has 5 heteroatoms. The molecule has 0 radical (unpaired) electrons. The van der Waals surface area contributed by atoms with Crippen molar-refractivity contribution in [1.29, 1.82) is 0 Å². The van der Waals surface area contributed by atoms with Gasteiger partial charge in [0.25, 0.3) is 0 Å². The van der Waals surface area contributed by atoms with Crippen molar-refractivity contribution >= 4 is 6.08 Å². The molecule has 2 aliphatic carbocycles. The Kier molecular flexibility index (Phi) is 4.88. The van der Waals surface area contributed by atoms with Crippen LogP contribution in [0.1, 0.15) is 56.6 Å². The zero-order valence-corrected chi connectivity index (χ0v) is 13.8. The van der Waals surface area contributed by atoms with Crippen molar-refractivity contribution in [2.24, 2.45) is 11.8 Å². The van der Waals surface area contributed by atoms with Crippen molar-refractivity contribution in [2.45, 2.75) is 58.2 Å². The lowest BCUT2D eigenvalue weighted by Gasteiger charge is -2.31. The summed E-state index contributed by atoms with van der Waals surface area (Å²) in [4.78, 5) is 0. The molecule has 0 heterocycles. The highest BCUT2D eigenvalue weighted by Crippen LogP contribution is 2.40. The molecule has 1 saturated carbocycles. The molecular formula is C19H22F4O. The Bertz CT molecular complexity index is 625. The van der Waals surface area contributed by atoms with E-state index >= 15 is 0 Å². The lowest BCUT2D eigenvalue weighted by molar-refractivity contribution is -0.275. The average molecular weight is 342 g/mol. The number of fused-ring (bicyclic) bond motifs is 1. The summed E-state index contributed by atoms with van der Waals surface area (Å²) < 4.78 is 55.0. The van der Waals surface area contributed by atoms with E-state index in [2.05, 4.69) is 11.7 Å². The minimum absolute atomic E-state index is 0.336. The summed E-state index contributed by atoms with van der Waals surface area (Å²) in [6.45, 7) is 2.23. The van der Waals surface area contributed by atoms with E-state index in [1.165, 1.54) is 30.9 Å². The fraction of sp³-hybridized carbons (Fsp3) is 0.579. The molecule has 132 valence electrons. The highest BCUT2D eigenvalue weighted by Gasteiger charge is 2.33. The van der Waals surface area contributed by atoms with Crippen molar-refractivity contribution < 1.29 is 22.3 Å². The summed E-state index contributed by atoms with van der Waals surface area (Å²) in [5, 5.41) is 0. The predicted molar refractivity (Wildman–Crippen MR) is 85.1 cm³/mol. The quantitative estimate of drug-likeness (QED) is 0.588. The Morgan fingerprint density at radius 3 is 2.42 bits per heavy atom. The van der Waals surface area contributed by atoms with Crippen LogP contribution in [0.25, 0.3) is 6.08 Å². The van der Waals surface area contributed by atoms with Gasteiger partial charge in [-0.05, 0) is 67.6 Å². The highest BCUT2D eigenvalue weighted by molar-refractivity contribution is 5.62. The SMILES string of the molecule is CCC1CCC(C2=Cc3ccc(OC(F)(F)F)c(F)c3CC2)CC1. The van der Waals surface area contributed by atoms with Crippen molar-refractivity contribution in [3.8, 4) is 5.75 Å². The Morgan fingerprint density at radius 1 is 1.08 bits per heavy atom. The molecule has 0 aliphatic heterocycles. The zero-order chi connectivity index (χ0) is 17.3. The highest BCUT2D eigenvalue weighted by atomic mass is 19.4. The molecule has 0 saturated heterocycles. The minimum Gasteiger partial charge on any atom is -0.403 e. The molecule has 24 heavy (non-hydrogen) atoms. The summed E-state index contributed by atoms with van der Waals surface area (Å²) in [6, 6.07) is 2.62. The second-order valence-corrected chi connectivity index (χ2v) is 6.84. The van der Waals surface area contributed by atoms with Gasteiger partial charge in [0.15, 0.2) is 11.6 Å². The van der Waals surface area contributed by atoms with Crippen molar-refractivity contribution in [2.75, 3.05) is 0 Å². The standard InChI is InChI=1S/C19H22F4O/c1-2-12-3-5-13(6-4-12)14-7-9-16-15(11-14)8-10-17(18(16)20)24-19(21,22)23/h8,10-13H,2-7,9H2,1H3. The predicted octanol–water partition coefficient (Wildman–Crippen LogP) is 6.27. The molecule has 0 bridgehead atoms. The van der Waals surface area contributed by atoms with Gasteiger partial charge < -0.3 is 4.74 Å². The third-order valence-corrected chi connectivity index (χ3v) is 5.42. The third-order valence-electron chi connectivity index (χ3n) is 5.42. The summed E-state index contributed by atoms with van der Waals surface area (Å²) in [7, 11) is 0. The number of alkyl halides is 3. The topological polar surface area (TPSA) is 9.23 Å². The lowest BCUT2D eigenvalue weighted by Crippen LogP contribution is -2.20. The van der Waals surface area contributed by atoms with Crippen LogP contribution in [0.4, 0.5) is 17.6 Å². The van der Waals surface area contributed by atoms with Gasteiger partial charge in [0.1, 0.15) is 0 Å². The van der Waals surface area contributed by atoms with E-state index in [0.29, 0.717) is 23.5 Å². The number of ether oxygens (including phenoxy) is 1. The van der Waals surface area contributed by atoms with Gasteiger partial charge >= 0.3 is 6.36 Å². The lowest BCUT2D eigenvalue weighted by atomic mass is 9.74. The first kappa shape index (κ1) is 17.3. The normalized spacial score (nSPS) is 24.3. The number of benzene rings is 1. The Balaban J connectivity index is 1.78. The van der Waals surface area contributed by atoms with E-state index in [1.807, 2.05) is 6.08 Å². The van der Waals surface area contributed by atoms with Crippen molar-refractivity contribution in [3.63, 3.8) is 0 Å². The van der Waals surface area contributed by atoms with Crippen LogP contribution in [-0.2, 0) is 6.42 Å². The Hall–Kier alpha value is -1.52. The molecule has 1 aromatic carbocycles. The van der Waals surface area contributed by atoms with Crippen LogP contribution in [0.2, 0.25) is 0 Å². The van der Waals surface area contributed by atoms with Gasteiger partial charge in [-0.1, -0.05) is 31.1 Å². The zero-order valence-electron chi connectivity index (χ0n) is 13.8. The largest absolute Gasteiger partial charge is 0.573 e. The van der Waals surface area contributed by atoms with Gasteiger partial charge in [-0.25, -0.2) is 4.39 Å². The molecule has 3 rings (SSSR count). The Labute approximate surface area is 139 Å². The van der Waals surface area contributed by atoms with Gasteiger partial charge in [0.2, 0.25) is 0 Å². The third kappa shape index (κ3) is 3.76. The van der Waals surface area contributed by atoms with Crippen LogP contribution in [0.15, 0.2) is 17.7 Å². The van der Waals surface area contributed by atoms with Crippen molar-refractivity contribution in [1.82, 2.24) is 0 Å². The fourth-order valence-corrected chi connectivity index (χ4v) is 4.01. The second kappa shape index (κ2) is 6.77. The monoisotopic (exact) mass is 342 g/mol. The maximum Gasteiger partial charge on any atom is 0.573 e. The molecule has 2 aliphatic rings. The molecule has 0 amide bonds. The molecular weight excluding hydrogens is 320 g/mol. The van der Waals surface area contributed by atoms with E-state index < -0.39 is 17.9 Å². The van der Waals surface area contributed by atoms with Gasteiger partial charge in [0, 0.05) is 0 Å². The number of allylic oxidation sites excluding steroid dienone is 1. The fourth-order valence-electron chi connectivity index (χ4n) is 4.01. The van der Waals surface area contributed by atoms with Crippen LogP contribution in [0, 0.1) is 17.7 Å². The van der Waals surface area contributed by atoms with Gasteiger partial charge in [-0.15, -0.1) is 13.2 Å². The smallest absolute Gasteiger partial charge is 0.403 e. The second-order valence-electron chi connectivity index (χ2n) is 6.84. The molecule has 1 nitrogen and oxygen atoms in total. The van der Waals surface area contributed by atoms with E-state index in [-0.39, 0.29) is 0 Å².